The van der Waals surface area contributed by atoms with Gasteiger partial charge in [0.15, 0.2) is 0 Å². The summed E-state index contributed by atoms with van der Waals surface area (Å²) in [5.41, 5.74) is 1.65. The largest absolute Gasteiger partial charge is 0.351 e. The first kappa shape index (κ1) is 16.8. The molecule has 2 aliphatic rings. The van der Waals surface area contributed by atoms with E-state index in [-0.39, 0.29) is 22.5 Å². The number of rotatable bonds is 5. The van der Waals surface area contributed by atoms with Crippen molar-refractivity contribution in [2.45, 2.75) is 26.7 Å². The van der Waals surface area contributed by atoms with Gasteiger partial charge >= 0.3 is 0 Å². The molecule has 1 aromatic carbocycles. The minimum atomic E-state index is -0.379. The van der Waals surface area contributed by atoms with Gasteiger partial charge < -0.3 is 5.32 Å². The van der Waals surface area contributed by atoms with Crippen molar-refractivity contribution >= 4 is 34.9 Å². The van der Waals surface area contributed by atoms with Crippen LogP contribution in [0.25, 0.3) is 6.08 Å². The van der Waals surface area contributed by atoms with Gasteiger partial charge in [-0.15, -0.1) is 0 Å². The molecule has 1 aromatic rings. The summed E-state index contributed by atoms with van der Waals surface area (Å²) in [6, 6.07) is 7.01. The van der Waals surface area contributed by atoms with Gasteiger partial charge in [-0.05, 0) is 59.7 Å². The highest BCUT2D eigenvalue weighted by molar-refractivity contribution is 8.18. The van der Waals surface area contributed by atoms with Gasteiger partial charge in [-0.3, -0.25) is 19.7 Å². The van der Waals surface area contributed by atoms with Crippen LogP contribution in [-0.2, 0) is 4.79 Å². The number of amides is 3. The fourth-order valence-electron chi connectivity index (χ4n) is 2.78. The molecule has 1 heterocycles. The summed E-state index contributed by atoms with van der Waals surface area (Å²) >= 11 is 0.882. The molecule has 5 nitrogen and oxygen atoms in total. The Hall–Kier alpha value is -2.08. The highest BCUT2D eigenvalue weighted by Crippen LogP contribution is 2.51. The van der Waals surface area contributed by atoms with Crippen molar-refractivity contribution in [3.8, 4) is 0 Å². The minimum Gasteiger partial charge on any atom is -0.351 e. The number of imide groups is 1. The SMILES string of the molecule is CC(C)C1(CNC(=O)c2ccc(/C=C3/SC(=O)NC3=O)cc2)CC1. The van der Waals surface area contributed by atoms with Crippen molar-refractivity contribution in [1.29, 1.82) is 0 Å². The van der Waals surface area contributed by atoms with E-state index in [1.807, 2.05) is 0 Å². The molecule has 1 aliphatic carbocycles. The van der Waals surface area contributed by atoms with E-state index in [1.54, 1.807) is 30.3 Å². The first-order valence-corrected chi connectivity index (χ1v) is 8.84. The second-order valence-corrected chi connectivity index (χ2v) is 7.69. The van der Waals surface area contributed by atoms with Gasteiger partial charge in [0.25, 0.3) is 17.1 Å². The van der Waals surface area contributed by atoms with Gasteiger partial charge in [0, 0.05) is 12.1 Å². The summed E-state index contributed by atoms with van der Waals surface area (Å²) in [5.74, 6) is 0.115. The zero-order valence-electron chi connectivity index (χ0n) is 13.7. The van der Waals surface area contributed by atoms with Gasteiger partial charge in [0.05, 0.1) is 4.91 Å². The van der Waals surface area contributed by atoms with Gasteiger partial charge in [-0.25, -0.2) is 0 Å². The van der Waals surface area contributed by atoms with Crippen LogP contribution >= 0.6 is 11.8 Å². The number of nitrogens with one attached hydrogen (secondary N) is 2. The molecule has 1 saturated heterocycles. The van der Waals surface area contributed by atoms with Crippen LogP contribution in [0, 0.1) is 11.3 Å². The van der Waals surface area contributed by atoms with Crippen LogP contribution in [0.2, 0.25) is 0 Å². The van der Waals surface area contributed by atoms with Crippen LogP contribution in [0.5, 0.6) is 0 Å². The molecule has 0 radical (unpaired) electrons. The molecule has 0 atom stereocenters. The highest BCUT2D eigenvalue weighted by Gasteiger charge is 2.45. The van der Waals surface area contributed by atoms with Crippen LogP contribution in [0.4, 0.5) is 4.79 Å². The molecule has 3 rings (SSSR count). The number of hydrogen-bond donors (Lipinski definition) is 2. The van der Waals surface area contributed by atoms with Gasteiger partial charge in [0.2, 0.25) is 0 Å². The third kappa shape index (κ3) is 3.53. The molecule has 6 heteroatoms. The summed E-state index contributed by atoms with van der Waals surface area (Å²) in [5, 5.41) is 4.88. The first-order valence-electron chi connectivity index (χ1n) is 8.03. The molecule has 126 valence electrons. The van der Waals surface area contributed by atoms with Crippen molar-refractivity contribution in [2.75, 3.05) is 6.54 Å². The fraction of sp³-hybridized carbons (Fsp3) is 0.389. The lowest BCUT2D eigenvalue weighted by atomic mass is 9.92. The molecular formula is C18H20N2O3S. The molecule has 24 heavy (non-hydrogen) atoms. The standard InChI is InChI=1S/C18H20N2O3S/c1-11(2)18(7-8-18)10-19-15(21)13-5-3-12(4-6-13)9-14-16(22)20-17(23)24-14/h3-6,9,11H,7-8,10H2,1-2H3,(H,19,21)(H,20,22,23)/b14-9+. The Balaban J connectivity index is 1.62. The normalized spacial score (nSPS) is 20.4. The van der Waals surface area contributed by atoms with E-state index in [2.05, 4.69) is 24.5 Å². The third-order valence-corrected chi connectivity index (χ3v) is 5.64. The van der Waals surface area contributed by atoms with Crippen molar-refractivity contribution in [3.63, 3.8) is 0 Å². The van der Waals surface area contributed by atoms with E-state index < -0.39 is 0 Å². The molecule has 0 bridgehead atoms. The topological polar surface area (TPSA) is 75.3 Å². The molecule has 2 fully saturated rings. The van der Waals surface area contributed by atoms with Crippen molar-refractivity contribution in [3.05, 3.63) is 40.3 Å². The Bertz CT molecular complexity index is 718. The van der Waals surface area contributed by atoms with E-state index in [4.69, 9.17) is 0 Å². The lowest BCUT2D eigenvalue weighted by molar-refractivity contribution is -0.115. The fourth-order valence-corrected chi connectivity index (χ4v) is 3.46. The Labute approximate surface area is 145 Å². The summed E-state index contributed by atoms with van der Waals surface area (Å²) in [4.78, 5) is 35.3. The van der Waals surface area contributed by atoms with E-state index in [1.165, 1.54) is 12.8 Å². The zero-order chi connectivity index (χ0) is 17.3. The van der Waals surface area contributed by atoms with Crippen LogP contribution in [-0.4, -0.2) is 23.6 Å². The first-order chi connectivity index (χ1) is 11.4. The predicted molar refractivity (Wildman–Crippen MR) is 94.4 cm³/mol. The lowest BCUT2D eigenvalue weighted by Gasteiger charge is -2.20. The van der Waals surface area contributed by atoms with E-state index >= 15 is 0 Å². The molecule has 0 unspecified atom stereocenters. The molecule has 0 aromatic heterocycles. The predicted octanol–water partition coefficient (Wildman–Crippen LogP) is 3.18. The smallest absolute Gasteiger partial charge is 0.290 e. The van der Waals surface area contributed by atoms with Crippen LogP contribution in [0.1, 0.15) is 42.6 Å². The lowest BCUT2D eigenvalue weighted by Crippen LogP contribution is -2.32. The summed E-state index contributed by atoms with van der Waals surface area (Å²) in [6.07, 6.45) is 4.00. The maximum absolute atomic E-state index is 12.3. The monoisotopic (exact) mass is 344 g/mol. The summed E-state index contributed by atoms with van der Waals surface area (Å²) < 4.78 is 0. The Morgan fingerprint density at radius 2 is 1.96 bits per heavy atom. The van der Waals surface area contributed by atoms with Crippen molar-refractivity contribution < 1.29 is 14.4 Å². The average molecular weight is 344 g/mol. The Kier molecular flexibility index (Phi) is 4.49. The highest BCUT2D eigenvalue weighted by atomic mass is 32.2. The maximum atomic E-state index is 12.3. The second-order valence-electron chi connectivity index (χ2n) is 6.67. The number of thioether (sulfide) groups is 1. The molecule has 0 spiro atoms. The number of carbonyl (C=O) groups excluding carboxylic acids is 3. The van der Waals surface area contributed by atoms with Crippen molar-refractivity contribution in [2.24, 2.45) is 11.3 Å². The summed E-state index contributed by atoms with van der Waals surface area (Å²) in [7, 11) is 0. The van der Waals surface area contributed by atoms with Crippen LogP contribution in [0.15, 0.2) is 29.2 Å². The Morgan fingerprint density at radius 1 is 1.29 bits per heavy atom. The number of hydrogen-bond acceptors (Lipinski definition) is 4. The molecule has 3 amide bonds. The maximum Gasteiger partial charge on any atom is 0.290 e. The van der Waals surface area contributed by atoms with Gasteiger partial charge in [0.1, 0.15) is 0 Å². The zero-order valence-corrected chi connectivity index (χ0v) is 14.5. The van der Waals surface area contributed by atoms with Gasteiger partial charge in [-0.2, -0.15) is 0 Å². The number of benzene rings is 1. The van der Waals surface area contributed by atoms with Gasteiger partial charge in [-0.1, -0.05) is 26.0 Å². The molecule has 2 N–H and O–H groups in total. The summed E-state index contributed by atoms with van der Waals surface area (Å²) in [6.45, 7) is 5.11. The van der Waals surface area contributed by atoms with E-state index in [0.717, 1.165) is 17.3 Å². The van der Waals surface area contributed by atoms with Crippen molar-refractivity contribution in [1.82, 2.24) is 10.6 Å². The molecule has 1 saturated carbocycles. The molecule has 1 aliphatic heterocycles. The van der Waals surface area contributed by atoms with E-state index in [0.29, 0.717) is 22.9 Å². The van der Waals surface area contributed by atoms with Crippen LogP contribution < -0.4 is 10.6 Å². The third-order valence-electron chi connectivity index (χ3n) is 4.83. The number of carbonyl (C=O) groups is 3. The second kappa shape index (κ2) is 6.43. The quantitative estimate of drug-likeness (QED) is 0.805. The molecular weight excluding hydrogens is 324 g/mol. The minimum absolute atomic E-state index is 0.0794. The Morgan fingerprint density at radius 3 is 2.46 bits per heavy atom. The average Bonchev–Trinajstić information content (AvgIpc) is 3.27. The van der Waals surface area contributed by atoms with Crippen LogP contribution in [0.3, 0.4) is 0 Å². The van der Waals surface area contributed by atoms with E-state index in [9.17, 15) is 14.4 Å².